The van der Waals surface area contributed by atoms with Gasteiger partial charge in [0.1, 0.15) is 5.82 Å². The zero-order valence-electron chi connectivity index (χ0n) is 9.10. The largest absolute Gasteiger partial charge is 0.307 e. The molecule has 2 aromatic rings. The first-order valence-electron chi connectivity index (χ1n) is 5.00. The molecule has 0 saturated carbocycles. The molecule has 4 nitrogen and oxygen atoms in total. The Hall–Kier alpha value is -2.19. The molecule has 0 aliphatic rings. The fourth-order valence-corrected chi connectivity index (χ4v) is 1.71. The van der Waals surface area contributed by atoms with Crippen LogP contribution in [0, 0.1) is 17.1 Å². The molecule has 0 bridgehead atoms. The molecular weight excluding hydrogens is 257 g/mol. The average Bonchev–Trinajstić information content (AvgIpc) is 2.34. The van der Waals surface area contributed by atoms with Gasteiger partial charge in [-0.15, -0.1) is 0 Å². The van der Waals surface area contributed by atoms with Gasteiger partial charge in [0.05, 0.1) is 18.2 Å². The van der Waals surface area contributed by atoms with Crippen LogP contribution in [-0.2, 0) is 6.54 Å². The third kappa shape index (κ3) is 2.55. The van der Waals surface area contributed by atoms with Gasteiger partial charge in [-0.2, -0.15) is 5.26 Å². The predicted octanol–water partition coefficient (Wildman–Crippen LogP) is 1.96. The zero-order chi connectivity index (χ0) is 13.1. The zero-order valence-corrected chi connectivity index (χ0v) is 9.86. The first kappa shape index (κ1) is 12.3. The molecule has 1 aromatic carbocycles. The smallest absolute Gasteiger partial charge is 0.288 e. The Labute approximate surface area is 107 Å². The van der Waals surface area contributed by atoms with Crippen LogP contribution in [0.4, 0.5) is 4.39 Å². The molecule has 0 atom stereocenters. The van der Waals surface area contributed by atoms with E-state index in [2.05, 4.69) is 4.98 Å². The van der Waals surface area contributed by atoms with Crippen LogP contribution in [0.2, 0.25) is 5.15 Å². The topological polar surface area (TPSA) is 58.7 Å². The molecule has 0 N–H and O–H groups in total. The number of rotatable bonds is 2. The van der Waals surface area contributed by atoms with Gasteiger partial charge < -0.3 is 4.57 Å². The number of halogens is 2. The second-order valence-corrected chi connectivity index (χ2v) is 3.97. The van der Waals surface area contributed by atoms with Gasteiger partial charge in [0.2, 0.25) is 0 Å². The third-order valence-electron chi connectivity index (χ3n) is 2.31. The summed E-state index contributed by atoms with van der Waals surface area (Å²) in [4.78, 5) is 15.3. The molecule has 0 aliphatic heterocycles. The van der Waals surface area contributed by atoms with Crippen molar-refractivity contribution < 1.29 is 4.39 Å². The van der Waals surface area contributed by atoms with Crippen LogP contribution in [0.1, 0.15) is 11.1 Å². The van der Waals surface area contributed by atoms with Gasteiger partial charge in [-0.3, -0.25) is 4.79 Å². The minimum absolute atomic E-state index is 0.132. The maximum atomic E-state index is 13.2. The number of nitriles is 1. The van der Waals surface area contributed by atoms with Crippen LogP contribution < -0.4 is 5.56 Å². The first-order valence-corrected chi connectivity index (χ1v) is 5.38. The monoisotopic (exact) mass is 263 g/mol. The van der Waals surface area contributed by atoms with E-state index in [0.29, 0.717) is 5.56 Å². The maximum Gasteiger partial charge on any atom is 0.288 e. The van der Waals surface area contributed by atoms with E-state index in [0.717, 1.165) is 6.07 Å². The molecule has 0 amide bonds. The van der Waals surface area contributed by atoms with Gasteiger partial charge in [-0.25, -0.2) is 9.37 Å². The van der Waals surface area contributed by atoms with Crippen molar-refractivity contribution >= 4 is 11.6 Å². The van der Waals surface area contributed by atoms with Gasteiger partial charge in [0, 0.05) is 12.4 Å². The Kier molecular flexibility index (Phi) is 3.40. The van der Waals surface area contributed by atoms with Gasteiger partial charge in [-0.1, -0.05) is 11.6 Å². The van der Waals surface area contributed by atoms with E-state index in [1.165, 1.54) is 29.1 Å². The highest BCUT2D eigenvalue weighted by Crippen LogP contribution is 2.09. The first-order chi connectivity index (χ1) is 8.60. The lowest BCUT2D eigenvalue weighted by atomic mass is 10.1. The summed E-state index contributed by atoms with van der Waals surface area (Å²) in [7, 11) is 0. The fraction of sp³-hybridized carbons (Fsp3) is 0.0833. The molecule has 0 unspecified atom stereocenters. The number of hydrogen-bond acceptors (Lipinski definition) is 3. The lowest BCUT2D eigenvalue weighted by molar-refractivity contribution is 0.622. The normalized spacial score (nSPS) is 10.1. The molecule has 0 radical (unpaired) electrons. The van der Waals surface area contributed by atoms with Crippen molar-refractivity contribution in [2.75, 3.05) is 0 Å². The molecule has 0 saturated heterocycles. The minimum atomic E-state index is -0.516. The predicted molar refractivity (Wildman–Crippen MR) is 63.7 cm³/mol. The van der Waals surface area contributed by atoms with Crippen molar-refractivity contribution in [2.45, 2.75) is 6.54 Å². The molecule has 6 heteroatoms. The molecule has 1 aromatic heterocycles. The van der Waals surface area contributed by atoms with Gasteiger partial charge in [-0.05, 0) is 23.8 Å². The number of benzene rings is 1. The van der Waals surface area contributed by atoms with Crippen molar-refractivity contribution in [3.63, 3.8) is 0 Å². The highest BCUT2D eigenvalue weighted by Gasteiger charge is 2.05. The summed E-state index contributed by atoms with van der Waals surface area (Å²) in [5.41, 5.74) is 0.260. The highest BCUT2D eigenvalue weighted by molar-refractivity contribution is 6.29. The summed E-state index contributed by atoms with van der Waals surface area (Å²) < 4.78 is 14.5. The summed E-state index contributed by atoms with van der Waals surface area (Å²) in [5, 5.41) is 8.59. The Morgan fingerprint density at radius 3 is 2.94 bits per heavy atom. The van der Waals surface area contributed by atoms with Crippen molar-refractivity contribution in [1.82, 2.24) is 9.55 Å². The summed E-state index contributed by atoms with van der Waals surface area (Å²) in [5.74, 6) is -0.516. The number of aromatic nitrogens is 2. The molecule has 2 rings (SSSR count). The molecule has 1 heterocycles. The van der Waals surface area contributed by atoms with Crippen LogP contribution in [0.15, 0.2) is 35.4 Å². The lowest BCUT2D eigenvalue weighted by Crippen LogP contribution is -2.21. The third-order valence-corrected chi connectivity index (χ3v) is 2.57. The minimum Gasteiger partial charge on any atom is -0.307 e. The maximum absolute atomic E-state index is 13.2. The standard InChI is InChI=1S/C12H7ClFN3O/c13-11-12(18)17(2-1-16-11)7-9-3-8(6-15)4-10(14)5-9/h1-5H,7H2. The van der Waals surface area contributed by atoms with Gasteiger partial charge >= 0.3 is 0 Å². The SMILES string of the molecule is N#Cc1cc(F)cc(Cn2ccnc(Cl)c2=O)c1. The van der Waals surface area contributed by atoms with Gasteiger partial charge in [0.25, 0.3) is 5.56 Å². The Balaban J connectivity index is 2.41. The molecule has 90 valence electrons. The molecule has 0 aliphatic carbocycles. The van der Waals surface area contributed by atoms with Crippen LogP contribution in [0.25, 0.3) is 0 Å². The second-order valence-electron chi connectivity index (χ2n) is 3.61. The van der Waals surface area contributed by atoms with E-state index in [1.54, 1.807) is 0 Å². The van der Waals surface area contributed by atoms with E-state index < -0.39 is 11.4 Å². The highest BCUT2D eigenvalue weighted by atomic mass is 35.5. The van der Waals surface area contributed by atoms with Crippen LogP contribution in [0.3, 0.4) is 0 Å². The molecule has 18 heavy (non-hydrogen) atoms. The summed E-state index contributed by atoms with van der Waals surface area (Å²) in [6.07, 6.45) is 2.83. The average molecular weight is 264 g/mol. The van der Waals surface area contributed by atoms with Crippen LogP contribution >= 0.6 is 11.6 Å². The molecule has 0 fully saturated rings. The Morgan fingerprint density at radius 1 is 1.44 bits per heavy atom. The van der Waals surface area contributed by atoms with E-state index in [4.69, 9.17) is 16.9 Å². The van der Waals surface area contributed by atoms with Crippen molar-refractivity contribution in [3.05, 3.63) is 63.0 Å². The molecular formula is C12H7ClFN3O. The van der Waals surface area contributed by atoms with Crippen LogP contribution in [-0.4, -0.2) is 9.55 Å². The van der Waals surface area contributed by atoms with Crippen LogP contribution in [0.5, 0.6) is 0 Å². The van der Waals surface area contributed by atoms with Crippen molar-refractivity contribution in [2.24, 2.45) is 0 Å². The van der Waals surface area contributed by atoms with Gasteiger partial charge in [0.15, 0.2) is 5.15 Å². The quantitative estimate of drug-likeness (QED) is 0.832. The van der Waals surface area contributed by atoms with E-state index >= 15 is 0 Å². The second kappa shape index (κ2) is 4.98. The van der Waals surface area contributed by atoms with E-state index in [1.807, 2.05) is 6.07 Å². The Bertz CT molecular complexity index is 690. The Morgan fingerprint density at radius 2 is 2.22 bits per heavy atom. The number of hydrogen-bond donors (Lipinski definition) is 0. The van der Waals surface area contributed by atoms with Crippen molar-refractivity contribution in [1.29, 1.82) is 5.26 Å². The fourth-order valence-electron chi connectivity index (χ4n) is 1.55. The summed E-state index contributed by atoms with van der Waals surface area (Å²) in [6, 6.07) is 5.77. The summed E-state index contributed by atoms with van der Waals surface area (Å²) >= 11 is 5.60. The van der Waals surface area contributed by atoms with Crippen molar-refractivity contribution in [3.8, 4) is 6.07 Å². The lowest BCUT2D eigenvalue weighted by Gasteiger charge is -2.06. The summed E-state index contributed by atoms with van der Waals surface area (Å²) in [6.45, 7) is 0.132. The van der Waals surface area contributed by atoms with E-state index in [9.17, 15) is 9.18 Å². The number of nitrogens with zero attached hydrogens (tertiary/aromatic N) is 3. The van der Waals surface area contributed by atoms with E-state index in [-0.39, 0.29) is 17.3 Å². The molecule has 0 spiro atoms.